The molecule has 86 valence electrons. The van der Waals surface area contributed by atoms with Crippen LogP contribution < -0.4 is 0 Å². The maximum atomic E-state index is 9.86. The molecule has 0 bridgehead atoms. The zero-order chi connectivity index (χ0) is 11.1. The van der Waals surface area contributed by atoms with Gasteiger partial charge in [0.2, 0.25) is 0 Å². The lowest BCUT2D eigenvalue weighted by Gasteiger charge is -2.25. The van der Waals surface area contributed by atoms with Crippen LogP contribution in [0.25, 0.3) is 0 Å². The highest BCUT2D eigenvalue weighted by molar-refractivity contribution is 4.73. The lowest BCUT2D eigenvalue weighted by atomic mass is 9.89. The Morgan fingerprint density at radius 3 is 1.71 bits per heavy atom. The molecule has 0 aromatic carbocycles. The van der Waals surface area contributed by atoms with Crippen LogP contribution in [0.5, 0.6) is 0 Å². The van der Waals surface area contributed by atoms with Crippen molar-refractivity contribution >= 4 is 0 Å². The average molecular weight is 202 g/mol. The lowest BCUT2D eigenvalue weighted by Crippen LogP contribution is -2.28. The summed E-state index contributed by atoms with van der Waals surface area (Å²) in [7, 11) is 0. The van der Waals surface area contributed by atoms with E-state index in [1.165, 1.54) is 0 Å². The topological polar surface area (TPSA) is 40.5 Å². The minimum absolute atomic E-state index is 0.291. The van der Waals surface area contributed by atoms with Crippen molar-refractivity contribution in [2.45, 2.75) is 65.6 Å². The molecular formula is C12H26O2. The highest BCUT2D eigenvalue weighted by atomic mass is 16.3. The molecule has 0 aromatic heterocycles. The number of rotatable bonds is 7. The van der Waals surface area contributed by atoms with Crippen molar-refractivity contribution in [2.75, 3.05) is 0 Å². The molecule has 0 amide bonds. The first-order valence-electron chi connectivity index (χ1n) is 5.92. The van der Waals surface area contributed by atoms with Gasteiger partial charge in [-0.3, -0.25) is 0 Å². The van der Waals surface area contributed by atoms with Crippen molar-refractivity contribution in [3.63, 3.8) is 0 Å². The van der Waals surface area contributed by atoms with Gasteiger partial charge in [-0.05, 0) is 18.3 Å². The van der Waals surface area contributed by atoms with Gasteiger partial charge in [-0.15, -0.1) is 0 Å². The zero-order valence-electron chi connectivity index (χ0n) is 10.0. The molecule has 0 spiro atoms. The quantitative estimate of drug-likeness (QED) is 0.666. The fourth-order valence-corrected chi connectivity index (χ4v) is 1.78. The van der Waals surface area contributed by atoms with Gasteiger partial charge in [-0.1, -0.05) is 47.0 Å². The highest BCUT2D eigenvalue weighted by Gasteiger charge is 2.21. The summed E-state index contributed by atoms with van der Waals surface area (Å²) in [6, 6.07) is 0. The van der Waals surface area contributed by atoms with Crippen molar-refractivity contribution in [2.24, 2.45) is 11.8 Å². The number of aliphatic hydroxyl groups is 2. The summed E-state index contributed by atoms with van der Waals surface area (Å²) in [6.45, 7) is 8.28. The van der Waals surface area contributed by atoms with Crippen molar-refractivity contribution in [3.05, 3.63) is 0 Å². The van der Waals surface area contributed by atoms with E-state index in [1.807, 2.05) is 6.92 Å². The molecule has 0 saturated heterocycles. The van der Waals surface area contributed by atoms with Crippen LogP contribution in [0.2, 0.25) is 0 Å². The van der Waals surface area contributed by atoms with Gasteiger partial charge in [0.05, 0.1) is 12.2 Å². The van der Waals surface area contributed by atoms with Crippen LogP contribution in [-0.4, -0.2) is 22.4 Å². The molecule has 3 unspecified atom stereocenters. The molecule has 0 aliphatic heterocycles. The molecular weight excluding hydrogens is 176 g/mol. The van der Waals surface area contributed by atoms with Crippen LogP contribution in [0, 0.1) is 11.8 Å². The molecule has 2 heteroatoms. The van der Waals surface area contributed by atoms with Crippen molar-refractivity contribution in [3.8, 4) is 0 Å². The Kier molecular flexibility index (Phi) is 7.20. The van der Waals surface area contributed by atoms with E-state index in [0.29, 0.717) is 18.3 Å². The van der Waals surface area contributed by atoms with Crippen LogP contribution >= 0.6 is 0 Å². The number of aliphatic hydroxyl groups excluding tert-OH is 2. The molecule has 0 radical (unpaired) electrons. The molecule has 0 saturated carbocycles. The third kappa shape index (κ3) is 4.43. The second-order valence-corrected chi connectivity index (χ2v) is 4.33. The normalized spacial score (nSPS) is 18.2. The van der Waals surface area contributed by atoms with Crippen molar-refractivity contribution < 1.29 is 10.2 Å². The second kappa shape index (κ2) is 7.24. The monoisotopic (exact) mass is 202 g/mol. The van der Waals surface area contributed by atoms with Gasteiger partial charge in [0.1, 0.15) is 0 Å². The van der Waals surface area contributed by atoms with E-state index in [2.05, 4.69) is 20.8 Å². The molecule has 0 rings (SSSR count). The van der Waals surface area contributed by atoms with E-state index in [9.17, 15) is 10.2 Å². The van der Waals surface area contributed by atoms with Gasteiger partial charge in [-0.2, -0.15) is 0 Å². The summed E-state index contributed by atoms with van der Waals surface area (Å²) >= 11 is 0. The average Bonchev–Trinajstić information content (AvgIpc) is 2.18. The van der Waals surface area contributed by atoms with Gasteiger partial charge in [-0.25, -0.2) is 0 Å². The van der Waals surface area contributed by atoms with Crippen LogP contribution in [0.1, 0.15) is 53.4 Å². The standard InChI is InChI=1S/C12H26O2/c1-5-9(4)11(13)8-12(14)10(6-2)7-3/h9-14H,5-8H2,1-4H3. The largest absolute Gasteiger partial charge is 0.393 e. The van der Waals surface area contributed by atoms with Gasteiger partial charge in [0, 0.05) is 0 Å². The molecule has 0 heterocycles. The van der Waals surface area contributed by atoms with Gasteiger partial charge in [0.25, 0.3) is 0 Å². The lowest BCUT2D eigenvalue weighted by molar-refractivity contribution is 0.0183. The van der Waals surface area contributed by atoms with Crippen molar-refractivity contribution in [1.82, 2.24) is 0 Å². The Bertz CT molecular complexity index is 132. The van der Waals surface area contributed by atoms with E-state index in [4.69, 9.17) is 0 Å². The predicted octanol–water partition coefficient (Wildman–Crippen LogP) is 2.58. The molecule has 0 aliphatic rings. The third-order valence-electron chi connectivity index (χ3n) is 3.38. The first-order valence-corrected chi connectivity index (χ1v) is 5.92. The van der Waals surface area contributed by atoms with Crippen LogP contribution in [0.3, 0.4) is 0 Å². The summed E-state index contributed by atoms with van der Waals surface area (Å²) in [6.07, 6.45) is 2.79. The molecule has 0 aliphatic carbocycles. The number of hydrogen-bond acceptors (Lipinski definition) is 2. The maximum Gasteiger partial charge on any atom is 0.0592 e. The fraction of sp³-hybridized carbons (Fsp3) is 1.00. The second-order valence-electron chi connectivity index (χ2n) is 4.33. The van der Waals surface area contributed by atoms with E-state index in [0.717, 1.165) is 19.3 Å². The summed E-state index contributed by atoms with van der Waals surface area (Å²) in [5.41, 5.74) is 0. The molecule has 0 aromatic rings. The SMILES string of the molecule is CCC(C)C(O)CC(O)C(CC)CC. The Labute approximate surface area is 88.3 Å². The van der Waals surface area contributed by atoms with Crippen molar-refractivity contribution in [1.29, 1.82) is 0 Å². The Morgan fingerprint density at radius 1 is 0.857 bits per heavy atom. The third-order valence-corrected chi connectivity index (χ3v) is 3.38. The molecule has 14 heavy (non-hydrogen) atoms. The Hall–Kier alpha value is -0.0800. The molecule has 2 nitrogen and oxygen atoms in total. The van der Waals surface area contributed by atoms with E-state index in [1.54, 1.807) is 0 Å². The highest BCUT2D eigenvalue weighted by Crippen LogP contribution is 2.20. The van der Waals surface area contributed by atoms with Gasteiger partial charge >= 0.3 is 0 Å². The molecule has 2 N–H and O–H groups in total. The smallest absolute Gasteiger partial charge is 0.0592 e. The van der Waals surface area contributed by atoms with Crippen LogP contribution in [0.4, 0.5) is 0 Å². The minimum Gasteiger partial charge on any atom is -0.393 e. The van der Waals surface area contributed by atoms with E-state index in [-0.39, 0.29) is 12.2 Å². The van der Waals surface area contributed by atoms with E-state index < -0.39 is 0 Å². The fourth-order valence-electron chi connectivity index (χ4n) is 1.78. The molecule has 0 fully saturated rings. The Balaban J connectivity index is 3.96. The zero-order valence-corrected chi connectivity index (χ0v) is 10.0. The maximum absolute atomic E-state index is 9.86. The van der Waals surface area contributed by atoms with Gasteiger partial charge in [0.15, 0.2) is 0 Å². The first-order chi connectivity index (χ1) is 6.56. The minimum atomic E-state index is -0.351. The first kappa shape index (κ1) is 13.9. The molecule has 3 atom stereocenters. The summed E-state index contributed by atoms with van der Waals surface area (Å²) in [5, 5.41) is 19.6. The Morgan fingerprint density at radius 2 is 1.36 bits per heavy atom. The summed E-state index contributed by atoms with van der Waals surface area (Å²) < 4.78 is 0. The number of hydrogen-bond donors (Lipinski definition) is 2. The summed E-state index contributed by atoms with van der Waals surface area (Å²) in [4.78, 5) is 0. The van der Waals surface area contributed by atoms with Crippen LogP contribution in [0.15, 0.2) is 0 Å². The van der Waals surface area contributed by atoms with Crippen LogP contribution in [-0.2, 0) is 0 Å². The van der Waals surface area contributed by atoms with E-state index >= 15 is 0 Å². The predicted molar refractivity (Wildman–Crippen MR) is 60.2 cm³/mol. The van der Waals surface area contributed by atoms with Gasteiger partial charge < -0.3 is 10.2 Å². The summed E-state index contributed by atoms with van der Waals surface area (Å²) in [5.74, 6) is 0.632.